The smallest absolute Gasteiger partial charge is 0.264 e. The molecule has 1 amide bonds. The van der Waals surface area contributed by atoms with Crippen LogP contribution in [0.2, 0.25) is 0 Å². The summed E-state index contributed by atoms with van der Waals surface area (Å²) >= 11 is 0. The molecule has 1 N–H and O–H groups in total. The molecule has 0 aliphatic carbocycles. The number of aryl methyl sites for hydroxylation is 1. The maximum Gasteiger partial charge on any atom is 0.264 e. The lowest BCUT2D eigenvalue weighted by Gasteiger charge is -2.27. The van der Waals surface area contributed by atoms with Gasteiger partial charge in [0.1, 0.15) is 25.6 Å². The van der Waals surface area contributed by atoms with Crippen LogP contribution in [0.4, 0.5) is 10.1 Å². The number of nitrogens with zero attached hydrogens (tertiary/aromatic N) is 1. The highest BCUT2D eigenvalue weighted by molar-refractivity contribution is 7.92. The van der Waals surface area contributed by atoms with Crippen molar-refractivity contribution in [3.8, 4) is 11.5 Å². The molecule has 7 nitrogen and oxygen atoms in total. The van der Waals surface area contributed by atoms with Crippen molar-refractivity contribution in [3.63, 3.8) is 0 Å². The fourth-order valence-electron chi connectivity index (χ4n) is 4.47. The number of hydrogen-bond acceptors (Lipinski definition) is 5. The number of sulfonamides is 1. The lowest BCUT2D eigenvalue weighted by Crippen LogP contribution is -2.42. The van der Waals surface area contributed by atoms with E-state index in [0.29, 0.717) is 24.7 Å². The monoisotopic (exact) mass is 546 g/mol. The molecule has 0 bridgehead atoms. The third-order valence-electron chi connectivity index (χ3n) is 6.44. The molecule has 4 aromatic rings. The second kappa shape index (κ2) is 11.2. The summed E-state index contributed by atoms with van der Waals surface area (Å²) in [6.07, 6.45) is 0. The van der Waals surface area contributed by atoms with Gasteiger partial charge in [-0.3, -0.25) is 9.10 Å². The fourth-order valence-corrected chi connectivity index (χ4v) is 5.90. The van der Waals surface area contributed by atoms with Crippen molar-refractivity contribution in [2.24, 2.45) is 0 Å². The first-order chi connectivity index (χ1) is 18.8. The number of rotatable bonds is 8. The first-order valence-electron chi connectivity index (χ1n) is 12.4. The summed E-state index contributed by atoms with van der Waals surface area (Å²) in [5.74, 6) is -0.314. The van der Waals surface area contributed by atoms with E-state index in [1.807, 2.05) is 61.5 Å². The minimum absolute atomic E-state index is 0.0811. The second-order valence-corrected chi connectivity index (χ2v) is 10.9. The van der Waals surface area contributed by atoms with E-state index in [0.717, 1.165) is 33.1 Å². The Labute approximate surface area is 226 Å². The molecular weight excluding hydrogens is 519 g/mol. The average molecular weight is 547 g/mol. The van der Waals surface area contributed by atoms with Crippen molar-refractivity contribution in [3.05, 3.63) is 120 Å². The number of anilines is 1. The van der Waals surface area contributed by atoms with Gasteiger partial charge >= 0.3 is 0 Å². The molecule has 1 unspecified atom stereocenters. The molecular formula is C30H27FN2O5S. The van der Waals surface area contributed by atoms with Crippen LogP contribution in [0.5, 0.6) is 11.5 Å². The molecule has 5 rings (SSSR count). The van der Waals surface area contributed by atoms with Crippen molar-refractivity contribution in [1.29, 1.82) is 0 Å². The zero-order valence-corrected chi connectivity index (χ0v) is 22.0. The minimum atomic E-state index is -4.25. The Morgan fingerprint density at radius 1 is 0.897 bits per heavy atom. The van der Waals surface area contributed by atoms with Gasteiger partial charge in [0.25, 0.3) is 10.0 Å². The van der Waals surface area contributed by atoms with E-state index in [1.54, 1.807) is 0 Å². The molecule has 1 aliphatic rings. The largest absolute Gasteiger partial charge is 0.486 e. The topological polar surface area (TPSA) is 84.9 Å². The molecule has 0 spiro atoms. The zero-order valence-electron chi connectivity index (χ0n) is 21.2. The summed E-state index contributed by atoms with van der Waals surface area (Å²) in [4.78, 5) is 13.5. The molecule has 0 aromatic heterocycles. The Morgan fingerprint density at radius 2 is 1.56 bits per heavy atom. The molecule has 0 fully saturated rings. The predicted molar refractivity (Wildman–Crippen MR) is 146 cm³/mol. The lowest BCUT2D eigenvalue weighted by atomic mass is 9.95. The fraction of sp³-hybridized carbons (Fsp3) is 0.167. The summed E-state index contributed by atoms with van der Waals surface area (Å²) in [5, 5.41) is 3.01. The number of halogens is 1. The standard InChI is InChI=1S/C30H27FN2O5S/c1-21-7-5-6-10-26(21)30(22-8-3-2-4-9-22)32-29(34)20-33(24-13-11-23(31)12-14-24)39(35,36)25-15-16-27-28(19-25)38-18-17-37-27/h2-16,19,30H,17-18,20H2,1H3,(H,32,34). The van der Waals surface area contributed by atoms with Crippen LogP contribution in [-0.2, 0) is 14.8 Å². The number of carbonyl (C=O) groups excluding carboxylic acids is 1. The van der Waals surface area contributed by atoms with Crippen LogP contribution in [0.3, 0.4) is 0 Å². The van der Waals surface area contributed by atoms with E-state index in [-0.39, 0.29) is 10.6 Å². The minimum Gasteiger partial charge on any atom is -0.486 e. The van der Waals surface area contributed by atoms with E-state index in [1.165, 1.54) is 30.3 Å². The van der Waals surface area contributed by atoms with Crippen molar-refractivity contribution in [2.45, 2.75) is 17.9 Å². The van der Waals surface area contributed by atoms with Crippen LogP contribution in [0.15, 0.2) is 102 Å². The van der Waals surface area contributed by atoms with Crippen LogP contribution in [0.25, 0.3) is 0 Å². The molecule has 1 aliphatic heterocycles. The van der Waals surface area contributed by atoms with Gasteiger partial charge in [-0.1, -0.05) is 54.6 Å². The normalized spacial score (nSPS) is 13.4. The summed E-state index contributed by atoms with van der Waals surface area (Å²) in [6, 6.07) is 25.9. The molecule has 1 heterocycles. The van der Waals surface area contributed by atoms with E-state index < -0.39 is 34.3 Å². The van der Waals surface area contributed by atoms with Crippen LogP contribution in [0.1, 0.15) is 22.7 Å². The van der Waals surface area contributed by atoms with Gasteiger partial charge in [-0.05, 0) is 60.0 Å². The number of carbonyl (C=O) groups is 1. The van der Waals surface area contributed by atoms with Gasteiger partial charge in [0.05, 0.1) is 16.6 Å². The number of amides is 1. The molecule has 9 heteroatoms. The molecule has 0 radical (unpaired) electrons. The number of nitrogens with one attached hydrogen (secondary N) is 1. The first kappa shape index (κ1) is 26.2. The zero-order chi connectivity index (χ0) is 27.4. The highest BCUT2D eigenvalue weighted by atomic mass is 32.2. The Bertz CT molecular complexity index is 1580. The maximum absolute atomic E-state index is 13.9. The summed E-state index contributed by atoms with van der Waals surface area (Å²) in [7, 11) is -4.25. The van der Waals surface area contributed by atoms with Gasteiger partial charge in [-0.15, -0.1) is 0 Å². The van der Waals surface area contributed by atoms with Gasteiger partial charge in [-0.2, -0.15) is 0 Å². The summed E-state index contributed by atoms with van der Waals surface area (Å²) in [5.41, 5.74) is 2.86. The third kappa shape index (κ3) is 5.73. The van der Waals surface area contributed by atoms with Crippen LogP contribution in [-0.4, -0.2) is 34.1 Å². The second-order valence-electron chi connectivity index (χ2n) is 9.06. The quantitative estimate of drug-likeness (QED) is 0.336. The number of fused-ring (bicyclic) bond motifs is 1. The average Bonchev–Trinajstić information content (AvgIpc) is 2.96. The molecule has 4 aromatic carbocycles. The van der Waals surface area contributed by atoms with Crippen molar-refractivity contribution >= 4 is 21.6 Å². The predicted octanol–water partition coefficient (Wildman–Crippen LogP) is 5.01. The number of hydrogen-bond donors (Lipinski definition) is 1. The number of ether oxygens (including phenoxy) is 2. The van der Waals surface area contributed by atoms with Crippen molar-refractivity contribution in [1.82, 2.24) is 5.32 Å². The summed E-state index contributed by atoms with van der Waals surface area (Å²) in [6.45, 7) is 2.08. The Hall–Kier alpha value is -4.37. The van der Waals surface area contributed by atoms with Crippen molar-refractivity contribution < 1.29 is 27.1 Å². The highest BCUT2D eigenvalue weighted by Crippen LogP contribution is 2.34. The molecule has 0 saturated heterocycles. The first-order valence-corrected chi connectivity index (χ1v) is 13.8. The molecule has 1 atom stereocenters. The van der Waals surface area contributed by atoms with Crippen LogP contribution < -0.4 is 19.1 Å². The van der Waals surface area contributed by atoms with E-state index >= 15 is 0 Å². The Balaban J connectivity index is 1.49. The Kier molecular flexibility index (Phi) is 7.51. The highest BCUT2D eigenvalue weighted by Gasteiger charge is 2.30. The van der Waals surface area contributed by atoms with Crippen molar-refractivity contribution in [2.75, 3.05) is 24.1 Å². The van der Waals surface area contributed by atoms with Gasteiger partial charge in [0.15, 0.2) is 11.5 Å². The van der Waals surface area contributed by atoms with Gasteiger partial charge < -0.3 is 14.8 Å². The molecule has 200 valence electrons. The SMILES string of the molecule is Cc1ccccc1C(NC(=O)CN(c1ccc(F)cc1)S(=O)(=O)c1ccc2c(c1)OCCO2)c1ccccc1. The van der Waals surface area contributed by atoms with Gasteiger partial charge in [0.2, 0.25) is 5.91 Å². The van der Waals surface area contributed by atoms with Gasteiger partial charge in [0, 0.05) is 6.07 Å². The maximum atomic E-state index is 13.9. The lowest BCUT2D eigenvalue weighted by molar-refractivity contribution is -0.120. The van der Waals surface area contributed by atoms with Crippen LogP contribution >= 0.6 is 0 Å². The summed E-state index contributed by atoms with van der Waals surface area (Å²) < 4.78 is 53.5. The molecule has 39 heavy (non-hydrogen) atoms. The Morgan fingerprint density at radius 3 is 2.28 bits per heavy atom. The number of benzene rings is 4. The molecule has 0 saturated carbocycles. The van der Waals surface area contributed by atoms with E-state index in [4.69, 9.17) is 9.47 Å². The third-order valence-corrected chi connectivity index (χ3v) is 8.21. The van der Waals surface area contributed by atoms with Gasteiger partial charge in [-0.25, -0.2) is 12.8 Å². The van der Waals surface area contributed by atoms with E-state index in [2.05, 4.69) is 5.32 Å². The van der Waals surface area contributed by atoms with E-state index in [9.17, 15) is 17.6 Å². The van der Waals surface area contributed by atoms with Crippen LogP contribution in [0, 0.1) is 12.7 Å².